The van der Waals surface area contributed by atoms with Gasteiger partial charge in [-0.05, 0) is 35.9 Å². The molecule has 25 heavy (non-hydrogen) atoms. The maximum Gasteiger partial charge on any atom is 0.270 e. The number of amides is 1. The summed E-state index contributed by atoms with van der Waals surface area (Å²) in [6.07, 6.45) is 3.44. The summed E-state index contributed by atoms with van der Waals surface area (Å²) in [5.41, 5.74) is 7.91. The van der Waals surface area contributed by atoms with E-state index >= 15 is 0 Å². The van der Waals surface area contributed by atoms with Crippen LogP contribution < -0.4 is 11.1 Å². The van der Waals surface area contributed by atoms with Crippen LogP contribution in [0, 0.1) is 0 Å². The van der Waals surface area contributed by atoms with Gasteiger partial charge >= 0.3 is 0 Å². The summed E-state index contributed by atoms with van der Waals surface area (Å²) in [7, 11) is 0. The van der Waals surface area contributed by atoms with Gasteiger partial charge in [0.15, 0.2) is 10.9 Å². The number of hydrogen-bond acceptors (Lipinski definition) is 6. The SMILES string of the molecule is Nc1nc2ccc(CNC(=O)c3cccc(-n4cccn4)n3)cc2s1. The molecule has 3 aromatic heterocycles. The van der Waals surface area contributed by atoms with Gasteiger partial charge in [-0.1, -0.05) is 23.5 Å². The van der Waals surface area contributed by atoms with Gasteiger partial charge in [-0.15, -0.1) is 0 Å². The van der Waals surface area contributed by atoms with Crippen LogP contribution in [0.2, 0.25) is 0 Å². The number of aromatic nitrogens is 4. The zero-order chi connectivity index (χ0) is 17.2. The molecule has 124 valence electrons. The highest BCUT2D eigenvalue weighted by Gasteiger charge is 2.09. The number of hydrogen-bond donors (Lipinski definition) is 2. The molecule has 8 heteroatoms. The van der Waals surface area contributed by atoms with E-state index in [2.05, 4.69) is 20.4 Å². The lowest BCUT2D eigenvalue weighted by molar-refractivity contribution is 0.0946. The maximum absolute atomic E-state index is 12.4. The number of pyridine rings is 1. The molecular formula is C17H14N6OS. The van der Waals surface area contributed by atoms with Crippen LogP contribution in [0.3, 0.4) is 0 Å². The molecular weight excluding hydrogens is 336 g/mol. The molecule has 0 fully saturated rings. The molecule has 0 aliphatic carbocycles. The van der Waals surface area contributed by atoms with Gasteiger partial charge in [0.1, 0.15) is 5.69 Å². The Morgan fingerprint density at radius 2 is 2.12 bits per heavy atom. The first-order chi connectivity index (χ1) is 12.2. The van der Waals surface area contributed by atoms with E-state index in [1.165, 1.54) is 11.3 Å². The Bertz CT molecular complexity index is 1040. The van der Waals surface area contributed by atoms with Gasteiger partial charge in [0.25, 0.3) is 5.91 Å². The van der Waals surface area contributed by atoms with Gasteiger partial charge < -0.3 is 11.1 Å². The monoisotopic (exact) mass is 350 g/mol. The number of thiazole rings is 1. The van der Waals surface area contributed by atoms with E-state index in [0.717, 1.165) is 15.8 Å². The predicted octanol–water partition coefficient (Wildman–Crippen LogP) is 2.39. The summed E-state index contributed by atoms with van der Waals surface area (Å²) < 4.78 is 2.61. The van der Waals surface area contributed by atoms with Crippen molar-refractivity contribution in [3.8, 4) is 5.82 Å². The second-order valence-electron chi connectivity index (χ2n) is 5.37. The highest BCUT2D eigenvalue weighted by molar-refractivity contribution is 7.22. The van der Waals surface area contributed by atoms with Crippen molar-refractivity contribution in [2.75, 3.05) is 5.73 Å². The molecule has 0 spiro atoms. The van der Waals surface area contributed by atoms with Crippen LogP contribution in [0.1, 0.15) is 16.1 Å². The second kappa shape index (κ2) is 6.33. The van der Waals surface area contributed by atoms with Crippen LogP contribution in [0.15, 0.2) is 54.9 Å². The molecule has 0 saturated carbocycles. The average molecular weight is 350 g/mol. The molecule has 3 heterocycles. The average Bonchev–Trinajstić information content (AvgIpc) is 3.28. The fraction of sp³-hybridized carbons (Fsp3) is 0.0588. The minimum Gasteiger partial charge on any atom is -0.375 e. The summed E-state index contributed by atoms with van der Waals surface area (Å²) >= 11 is 1.43. The normalized spacial score (nSPS) is 10.9. The van der Waals surface area contributed by atoms with E-state index in [9.17, 15) is 4.79 Å². The molecule has 0 radical (unpaired) electrons. The predicted molar refractivity (Wildman–Crippen MR) is 96.6 cm³/mol. The molecule has 1 aromatic carbocycles. The van der Waals surface area contributed by atoms with Gasteiger partial charge in [-0.2, -0.15) is 5.10 Å². The number of nitrogens with two attached hydrogens (primary N) is 1. The largest absolute Gasteiger partial charge is 0.375 e. The maximum atomic E-state index is 12.4. The van der Waals surface area contributed by atoms with Crippen molar-refractivity contribution in [1.29, 1.82) is 0 Å². The Hall–Kier alpha value is -3.26. The zero-order valence-electron chi connectivity index (χ0n) is 13.1. The molecule has 3 N–H and O–H groups in total. The Morgan fingerprint density at radius 1 is 1.20 bits per heavy atom. The molecule has 1 amide bonds. The quantitative estimate of drug-likeness (QED) is 0.589. The van der Waals surface area contributed by atoms with E-state index in [-0.39, 0.29) is 5.91 Å². The summed E-state index contributed by atoms with van der Waals surface area (Å²) in [4.78, 5) is 20.9. The minimum absolute atomic E-state index is 0.238. The van der Waals surface area contributed by atoms with Gasteiger partial charge in [0.05, 0.1) is 10.2 Å². The highest BCUT2D eigenvalue weighted by Crippen LogP contribution is 2.24. The zero-order valence-corrected chi connectivity index (χ0v) is 13.9. The Labute approximate surface area is 147 Å². The van der Waals surface area contributed by atoms with Gasteiger partial charge in [-0.25, -0.2) is 14.6 Å². The number of benzene rings is 1. The van der Waals surface area contributed by atoms with Crippen molar-refractivity contribution in [2.45, 2.75) is 6.54 Å². The molecule has 0 atom stereocenters. The number of fused-ring (bicyclic) bond motifs is 1. The number of nitrogen functional groups attached to an aromatic ring is 1. The molecule has 0 bridgehead atoms. The smallest absolute Gasteiger partial charge is 0.270 e. The lowest BCUT2D eigenvalue weighted by Crippen LogP contribution is -2.24. The van der Waals surface area contributed by atoms with Crippen molar-refractivity contribution >= 4 is 32.6 Å². The van der Waals surface area contributed by atoms with Crippen LogP contribution in [-0.4, -0.2) is 25.7 Å². The van der Waals surface area contributed by atoms with E-state index in [1.807, 2.05) is 18.2 Å². The fourth-order valence-corrected chi connectivity index (χ4v) is 3.25. The highest BCUT2D eigenvalue weighted by atomic mass is 32.1. The van der Waals surface area contributed by atoms with Crippen molar-refractivity contribution in [3.63, 3.8) is 0 Å². The van der Waals surface area contributed by atoms with Crippen molar-refractivity contribution in [3.05, 3.63) is 66.1 Å². The van der Waals surface area contributed by atoms with Crippen molar-refractivity contribution in [1.82, 2.24) is 25.1 Å². The lowest BCUT2D eigenvalue weighted by atomic mass is 10.2. The first-order valence-electron chi connectivity index (χ1n) is 7.59. The van der Waals surface area contributed by atoms with Crippen molar-refractivity contribution < 1.29 is 4.79 Å². The van der Waals surface area contributed by atoms with Gasteiger partial charge in [0, 0.05) is 18.9 Å². The molecule has 0 aliphatic rings. The van der Waals surface area contributed by atoms with Crippen LogP contribution in [0.4, 0.5) is 5.13 Å². The first kappa shape index (κ1) is 15.3. The third-order valence-electron chi connectivity index (χ3n) is 3.63. The number of carbonyl (C=O) groups is 1. The number of nitrogens with zero attached hydrogens (tertiary/aromatic N) is 4. The summed E-state index contributed by atoms with van der Waals surface area (Å²) in [5, 5.41) is 7.54. The van der Waals surface area contributed by atoms with Crippen LogP contribution in [0.25, 0.3) is 16.0 Å². The lowest BCUT2D eigenvalue weighted by Gasteiger charge is -2.06. The van der Waals surface area contributed by atoms with Crippen LogP contribution in [-0.2, 0) is 6.54 Å². The Morgan fingerprint density at radius 3 is 2.96 bits per heavy atom. The third-order valence-corrected chi connectivity index (χ3v) is 4.48. The van der Waals surface area contributed by atoms with Crippen molar-refractivity contribution in [2.24, 2.45) is 0 Å². The second-order valence-corrected chi connectivity index (χ2v) is 6.43. The Balaban J connectivity index is 1.48. The third kappa shape index (κ3) is 3.20. The molecule has 4 rings (SSSR count). The van der Waals surface area contributed by atoms with Crippen LogP contribution in [0.5, 0.6) is 0 Å². The summed E-state index contributed by atoms with van der Waals surface area (Å²) in [6, 6.07) is 12.9. The van der Waals surface area contributed by atoms with Crippen LogP contribution >= 0.6 is 11.3 Å². The number of rotatable bonds is 4. The summed E-state index contributed by atoms with van der Waals surface area (Å²) in [5.74, 6) is 0.358. The van der Waals surface area contributed by atoms with E-state index in [1.54, 1.807) is 41.3 Å². The van der Waals surface area contributed by atoms with E-state index in [0.29, 0.717) is 23.2 Å². The number of nitrogens with one attached hydrogen (secondary N) is 1. The van der Waals surface area contributed by atoms with Gasteiger partial charge in [0.2, 0.25) is 0 Å². The minimum atomic E-state index is -0.238. The number of anilines is 1. The van der Waals surface area contributed by atoms with E-state index < -0.39 is 0 Å². The summed E-state index contributed by atoms with van der Waals surface area (Å²) in [6.45, 7) is 0.403. The molecule has 0 aliphatic heterocycles. The molecule has 4 aromatic rings. The standard InChI is InChI=1S/C17H14N6OS/c18-17-22-12-6-5-11(9-14(12)25-17)10-19-16(24)13-3-1-4-15(21-13)23-8-2-7-20-23/h1-9H,10H2,(H2,18,22)(H,19,24). The number of carbonyl (C=O) groups excluding carboxylic acids is 1. The molecule has 0 unspecified atom stereocenters. The molecule has 7 nitrogen and oxygen atoms in total. The topological polar surface area (TPSA) is 98.7 Å². The van der Waals surface area contributed by atoms with E-state index in [4.69, 9.17) is 5.73 Å². The first-order valence-corrected chi connectivity index (χ1v) is 8.41. The Kier molecular flexibility index (Phi) is 3.87. The fourth-order valence-electron chi connectivity index (χ4n) is 2.45. The van der Waals surface area contributed by atoms with Gasteiger partial charge in [-0.3, -0.25) is 4.79 Å². The molecule has 0 saturated heterocycles.